The minimum atomic E-state index is -4.67. The maximum Gasteiger partial charge on any atom is 0.394 e. The highest BCUT2D eigenvalue weighted by molar-refractivity contribution is 6.31. The number of ether oxygens (including phenoxy) is 1. The third-order valence-corrected chi connectivity index (χ3v) is 10.1. The third-order valence-electron chi connectivity index (χ3n) is 9.89. The van der Waals surface area contributed by atoms with E-state index in [0.717, 1.165) is 18.7 Å². The summed E-state index contributed by atoms with van der Waals surface area (Å²) in [6, 6.07) is 19.7. The monoisotopic (exact) mass is 746 g/mol. The summed E-state index contributed by atoms with van der Waals surface area (Å²) in [6.07, 6.45) is -2.44. The van der Waals surface area contributed by atoms with Crippen molar-refractivity contribution < 1.29 is 32.6 Å². The molecule has 3 aromatic carbocycles. The number of anilines is 2. The zero-order valence-electron chi connectivity index (χ0n) is 29.2. The molecular formula is C39H38ClF3N6O4. The van der Waals surface area contributed by atoms with Crippen LogP contribution in [0.15, 0.2) is 85.2 Å². The number of fused-ring (bicyclic) bond motifs is 1. The van der Waals surface area contributed by atoms with Crippen LogP contribution in [0.5, 0.6) is 5.75 Å². The van der Waals surface area contributed by atoms with Crippen LogP contribution >= 0.6 is 11.6 Å². The smallest absolute Gasteiger partial charge is 0.394 e. The molecular weight excluding hydrogens is 709 g/mol. The fraction of sp³-hybridized carbons (Fsp3) is 0.308. The molecule has 2 aliphatic rings. The maximum absolute atomic E-state index is 14.8. The first-order valence-corrected chi connectivity index (χ1v) is 17.6. The van der Waals surface area contributed by atoms with Gasteiger partial charge in [0.1, 0.15) is 5.75 Å². The molecule has 1 N–H and O–H groups in total. The second-order valence-corrected chi connectivity index (χ2v) is 13.9. The fourth-order valence-corrected chi connectivity index (χ4v) is 7.43. The van der Waals surface area contributed by atoms with Gasteiger partial charge in [0.15, 0.2) is 0 Å². The Morgan fingerprint density at radius 1 is 0.962 bits per heavy atom. The van der Waals surface area contributed by atoms with Crippen LogP contribution < -0.4 is 4.90 Å². The first-order valence-electron chi connectivity index (χ1n) is 17.2. The minimum absolute atomic E-state index is 0.0466. The predicted octanol–water partition coefficient (Wildman–Crippen LogP) is 6.77. The number of aromatic hydroxyl groups is 1. The number of phenols is 1. The Kier molecular flexibility index (Phi) is 10.1. The number of carbonyl (C=O) groups is 2. The minimum Gasteiger partial charge on any atom is -0.508 e. The van der Waals surface area contributed by atoms with E-state index in [0.29, 0.717) is 49.7 Å². The topological polar surface area (TPSA) is 96.1 Å². The van der Waals surface area contributed by atoms with Crippen LogP contribution in [0.1, 0.15) is 37.5 Å². The van der Waals surface area contributed by atoms with Crippen molar-refractivity contribution in [1.29, 1.82) is 0 Å². The number of morpholine rings is 1. The predicted molar refractivity (Wildman–Crippen MR) is 194 cm³/mol. The molecule has 53 heavy (non-hydrogen) atoms. The van der Waals surface area contributed by atoms with Gasteiger partial charge in [-0.15, -0.1) is 0 Å². The number of halogens is 4. The molecule has 276 valence electrons. The van der Waals surface area contributed by atoms with E-state index in [-0.39, 0.29) is 45.2 Å². The van der Waals surface area contributed by atoms with Crippen LogP contribution in [0.3, 0.4) is 0 Å². The second kappa shape index (κ2) is 14.7. The average Bonchev–Trinajstić information content (AvgIpc) is 3.70. The number of alkyl halides is 3. The molecule has 14 heteroatoms. The quantitative estimate of drug-likeness (QED) is 0.189. The molecule has 5 aromatic rings. The Morgan fingerprint density at radius 3 is 2.36 bits per heavy atom. The van der Waals surface area contributed by atoms with E-state index < -0.39 is 18.5 Å². The normalized spacial score (nSPS) is 16.4. The molecule has 4 heterocycles. The first kappa shape index (κ1) is 36.3. The van der Waals surface area contributed by atoms with E-state index in [2.05, 4.69) is 16.1 Å². The summed E-state index contributed by atoms with van der Waals surface area (Å²) in [5.41, 5.74) is 3.07. The lowest BCUT2D eigenvalue weighted by Crippen LogP contribution is -2.52. The molecule has 2 aliphatic heterocycles. The van der Waals surface area contributed by atoms with Crippen molar-refractivity contribution >= 4 is 34.8 Å². The number of rotatable bonds is 8. The van der Waals surface area contributed by atoms with Crippen molar-refractivity contribution in [2.75, 3.05) is 37.7 Å². The van der Waals surface area contributed by atoms with Gasteiger partial charge in [0, 0.05) is 85.7 Å². The number of amides is 2. The molecule has 2 amide bonds. The van der Waals surface area contributed by atoms with Gasteiger partial charge in [0.05, 0.1) is 37.1 Å². The highest BCUT2D eigenvalue weighted by Gasteiger charge is 2.37. The molecule has 7 rings (SSSR count). The van der Waals surface area contributed by atoms with E-state index in [1.807, 2.05) is 23.1 Å². The Morgan fingerprint density at radius 2 is 1.68 bits per heavy atom. The molecule has 1 atom stereocenters. The molecule has 1 saturated heterocycles. The molecule has 10 nitrogen and oxygen atoms in total. The number of carbonyl (C=O) groups excluding carboxylic acids is 2. The summed E-state index contributed by atoms with van der Waals surface area (Å²) in [5.74, 6) is -1.09. The number of hydrogen-bond acceptors (Lipinski definition) is 6. The van der Waals surface area contributed by atoms with Gasteiger partial charge in [-0.05, 0) is 66.1 Å². The van der Waals surface area contributed by atoms with Crippen molar-refractivity contribution in [3.05, 3.63) is 118 Å². The number of aromatic nitrogens is 3. The Labute approximate surface area is 309 Å². The Hall–Kier alpha value is -5.11. The van der Waals surface area contributed by atoms with Gasteiger partial charge in [-0.2, -0.15) is 18.3 Å². The van der Waals surface area contributed by atoms with Crippen molar-refractivity contribution in [1.82, 2.24) is 24.1 Å². The highest BCUT2D eigenvalue weighted by atomic mass is 35.5. The third kappa shape index (κ3) is 7.68. The molecule has 2 aromatic heterocycles. The number of hydrogen-bond donors (Lipinski definition) is 1. The fourth-order valence-electron chi connectivity index (χ4n) is 7.26. The van der Waals surface area contributed by atoms with Crippen LogP contribution in [-0.2, 0) is 38.2 Å². The van der Waals surface area contributed by atoms with Crippen LogP contribution in [0.2, 0.25) is 5.02 Å². The lowest BCUT2D eigenvalue weighted by molar-refractivity contribution is -0.128. The SMILES string of the molecule is Cn1cc(N(C(=O)c2cc(-c3cc(Cl)ccc3C(=O)N3Cc4ccccc4C[C@H]3CN3CCOCC3)n(C)c2CC(F)(F)F)c2ccc(O)cc2)cn1. The zero-order valence-corrected chi connectivity index (χ0v) is 29.9. The number of benzene rings is 3. The van der Waals surface area contributed by atoms with Gasteiger partial charge < -0.3 is 19.3 Å². The second-order valence-electron chi connectivity index (χ2n) is 13.4. The van der Waals surface area contributed by atoms with E-state index in [1.54, 1.807) is 31.4 Å². The summed E-state index contributed by atoms with van der Waals surface area (Å²) < 4.78 is 51.2. The largest absolute Gasteiger partial charge is 0.508 e. The first-order chi connectivity index (χ1) is 25.4. The van der Waals surface area contributed by atoms with Crippen LogP contribution in [0.4, 0.5) is 24.5 Å². The molecule has 0 radical (unpaired) electrons. The van der Waals surface area contributed by atoms with E-state index in [1.165, 1.54) is 63.3 Å². The van der Waals surface area contributed by atoms with Crippen molar-refractivity contribution in [3.8, 4) is 17.0 Å². The average molecular weight is 747 g/mol. The van der Waals surface area contributed by atoms with Gasteiger partial charge >= 0.3 is 6.18 Å². The molecule has 1 fully saturated rings. The summed E-state index contributed by atoms with van der Waals surface area (Å²) in [5, 5.41) is 14.4. The molecule has 0 spiro atoms. The lowest BCUT2D eigenvalue weighted by atomic mass is 9.92. The van der Waals surface area contributed by atoms with Gasteiger partial charge in [0.25, 0.3) is 11.8 Å². The van der Waals surface area contributed by atoms with Crippen molar-refractivity contribution in [2.45, 2.75) is 31.6 Å². The van der Waals surface area contributed by atoms with Gasteiger partial charge in [-0.25, -0.2) is 0 Å². The Bertz CT molecular complexity index is 2140. The molecule has 0 saturated carbocycles. The number of aryl methyl sites for hydroxylation is 1. The van der Waals surface area contributed by atoms with Crippen LogP contribution in [-0.4, -0.2) is 86.1 Å². The zero-order chi connectivity index (χ0) is 37.4. The van der Waals surface area contributed by atoms with Crippen LogP contribution in [0, 0.1) is 0 Å². The maximum atomic E-state index is 14.8. The summed E-state index contributed by atoms with van der Waals surface area (Å²) in [4.78, 5) is 34.7. The van der Waals surface area contributed by atoms with E-state index in [4.69, 9.17) is 16.3 Å². The summed E-state index contributed by atoms with van der Waals surface area (Å²) >= 11 is 6.54. The molecule has 0 aliphatic carbocycles. The van der Waals surface area contributed by atoms with Gasteiger partial charge in [-0.3, -0.25) is 24.1 Å². The summed E-state index contributed by atoms with van der Waals surface area (Å²) in [6.45, 7) is 3.70. The number of phenolic OH excluding ortho intramolecular Hbond substituents is 1. The van der Waals surface area contributed by atoms with Gasteiger partial charge in [0.2, 0.25) is 0 Å². The number of nitrogens with zero attached hydrogens (tertiary/aromatic N) is 6. The van der Waals surface area contributed by atoms with E-state index in [9.17, 15) is 27.9 Å². The summed E-state index contributed by atoms with van der Waals surface area (Å²) in [7, 11) is 3.11. The molecule has 0 bridgehead atoms. The van der Waals surface area contributed by atoms with Crippen molar-refractivity contribution in [2.24, 2.45) is 14.1 Å². The van der Waals surface area contributed by atoms with Crippen LogP contribution in [0.25, 0.3) is 11.3 Å². The molecule has 0 unspecified atom stereocenters. The Balaban J connectivity index is 1.33. The van der Waals surface area contributed by atoms with E-state index >= 15 is 0 Å². The highest BCUT2D eigenvalue weighted by Crippen LogP contribution is 2.38. The lowest BCUT2D eigenvalue weighted by Gasteiger charge is -2.40. The van der Waals surface area contributed by atoms with Gasteiger partial charge in [-0.1, -0.05) is 35.9 Å². The van der Waals surface area contributed by atoms with Crippen molar-refractivity contribution in [3.63, 3.8) is 0 Å². The standard InChI is InChI=1S/C39H38ClF3N6O4/c1-45-23-30(21-44-45)49(28-8-10-31(50)11-9-28)38(52)34-19-35(46(2)36(34)20-39(41,42)43)33-18-27(40)7-12-32(33)37(51)48-22-26-6-4-3-5-25(26)17-29(48)24-47-13-15-53-16-14-47/h3-12,18-19,21,23,29,50H,13-17,20,22,24H2,1-2H3/t29-/m0/s1.